The number of aliphatic carboxylic acids is 1. The van der Waals surface area contributed by atoms with Gasteiger partial charge in [-0.3, -0.25) is 4.79 Å². The fraction of sp³-hybridized carbons (Fsp3) is 0.429. The summed E-state index contributed by atoms with van der Waals surface area (Å²) in [5.41, 5.74) is 0.828. The van der Waals surface area contributed by atoms with Gasteiger partial charge in [-0.15, -0.1) is 11.3 Å². The maximum atomic E-state index is 11.6. The third-order valence-electron chi connectivity index (χ3n) is 2.73. The SMILES string of the molecule is COC(C)CCC(=O)NCc1cc(/C=C/C(=O)O)cs1. The van der Waals surface area contributed by atoms with E-state index in [9.17, 15) is 9.59 Å². The average molecular weight is 297 g/mol. The molecule has 0 saturated carbocycles. The number of ether oxygens (including phenoxy) is 1. The van der Waals surface area contributed by atoms with E-state index in [0.717, 1.165) is 16.5 Å². The van der Waals surface area contributed by atoms with Gasteiger partial charge in [0.2, 0.25) is 5.91 Å². The topological polar surface area (TPSA) is 75.6 Å². The lowest BCUT2D eigenvalue weighted by Crippen LogP contribution is -2.23. The maximum absolute atomic E-state index is 11.6. The van der Waals surface area contributed by atoms with Gasteiger partial charge in [-0.1, -0.05) is 0 Å². The van der Waals surface area contributed by atoms with Crippen LogP contribution in [0.3, 0.4) is 0 Å². The number of hydrogen-bond acceptors (Lipinski definition) is 4. The fourth-order valence-corrected chi connectivity index (χ4v) is 2.27. The molecule has 6 heteroatoms. The predicted octanol–water partition coefficient (Wildman–Crippen LogP) is 2.28. The molecular formula is C14H19NO4S. The Bertz CT molecular complexity index is 481. The van der Waals surface area contributed by atoms with Gasteiger partial charge in [-0.05, 0) is 36.4 Å². The summed E-state index contributed by atoms with van der Waals surface area (Å²) in [6.07, 6.45) is 3.84. The summed E-state index contributed by atoms with van der Waals surface area (Å²) in [7, 11) is 1.63. The van der Waals surface area contributed by atoms with Gasteiger partial charge in [-0.2, -0.15) is 0 Å². The van der Waals surface area contributed by atoms with Crippen LogP contribution < -0.4 is 5.32 Å². The molecule has 0 spiro atoms. The molecule has 1 aromatic rings. The summed E-state index contributed by atoms with van der Waals surface area (Å²) in [6, 6.07) is 1.86. The Morgan fingerprint density at radius 1 is 1.55 bits per heavy atom. The second-order valence-electron chi connectivity index (χ2n) is 4.38. The van der Waals surface area contributed by atoms with E-state index in [4.69, 9.17) is 9.84 Å². The highest BCUT2D eigenvalue weighted by atomic mass is 32.1. The average Bonchev–Trinajstić information content (AvgIpc) is 2.88. The highest BCUT2D eigenvalue weighted by Gasteiger charge is 2.06. The number of rotatable bonds is 8. The minimum absolute atomic E-state index is 0.00933. The molecule has 20 heavy (non-hydrogen) atoms. The molecule has 0 bridgehead atoms. The fourth-order valence-electron chi connectivity index (χ4n) is 1.47. The van der Waals surface area contributed by atoms with Crippen molar-refractivity contribution in [1.82, 2.24) is 5.32 Å². The van der Waals surface area contributed by atoms with Crippen LogP contribution in [0.4, 0.5) is 0 Å². The third kappa shape index (κ3) is 6.49. The Morgan fingerprint density at radius 2 is 2.30 bits per heavy atom. The lowest BCUT2D eigenvalue weighted by molar-refractivity contribution is -0.131. The van der Waals surface area contributed by atoms with E-state index < -0.39 is 5.97 Å². The van der Waals surface area contributed by atoms with Crippen molar-refractivity contribution in [3.05, 3.63) is 28.0 Å². The van der Waals surface area contributed by atoms with Gasteiger partial charge in [0.15, 0.2) is 0 Å². The summed E-state index contributed by atoms with van der Waals surface area (Å²) >= 11 is 1.49. The Labute approximate surface area is 122 Å². The first-order valence-electron chi connectivity index (χ1n) is 6.29. The van der Waals surface area contributed by atoms with Gasteiger partial charge >= 0.3 is 5.97 Å². The maximum Gasteiger partial charge on any atom is 0.328 e. The zero-order chi connectivity index (χ0) is 15.0. The second-order valence-corrected chi connectivity index (χ2v) is 5.38. The molecule has 1 rings (SSSR count). The van der Waals surface area contributed by atoms with Gasteiger partial charge in [0.25, 0.3) is 0 Å². The van der Waals surface area contributed by atoms with Crippen LogP contribution in [0.5, 0.6) is 0 Å². The molecule has 2 N–H and O–H groups in total. The standard InChI is InChI=1S/C14H19NO4S/c1-10(19-2)3-5-13(16)15-8-12-7-11(9-20-12)4-6-14(17)18/h4,6-7,9-10H,3,5,8H2,1-2H3,(H,15,16)(H,17,18)/b6-4+. The summed E-state index contributed by atoms with van der Waals surface area (Å²) in [5, 5.41) is 13.2. The van der Waals surface area contributed by atoms with Crippen molar-refractivity contribution in [3.8, 4) is 0 Å². The highest BCUT2D eigenvalue weighted by molar-refractivity contribution is 7.10. The number of carboxylic acid groups (broad SMARTS) is 1. The molecule has 1 unspecified atom stereocenters. The first-order chi connectivity index (χ1) is 9.51. The third-order valence-corrected chi connectivity index (χ3v) is 3.69. The van der Waals surface area contributed by atoms with Crippen LogP contribution in [0, 0.1) is 0 Å². The van der Waals surface area contributed by atoms with Crippen LogP contribution in [0.2, 0.25) is 0 Å². The van der Waals surface area contributed by atoms with E-state index in [1.165, 1.54) is 17.4 Å². The van der Waals surface area contributed by atoms with Gasteiger partial charge in [0.05, 0.1) is 12.6 Å². The van der Waals surface area contributed by atoms with E-state index in [1.807, 2.05) is 18.4 Å². The Balaban J connectivity index is 2.35. The first-order valence-corrected chi connectivity index (χ1v) is 7.17. The van der Waals surface area contributed by atoms with Crippen LogP contribution in [0.1, 0.15) is 30.2 Å². The number of thiophene rings is 1. The van der Waals surface area contributed by atoms with Crippen molar-refractivity contribution in [2.45, 2.75) is 32.4 Å². The lowest BCUT2D eigenvalue weighted by atomic mass is 10.2. The molecule has 0 aliphatic carbocycles. The predicted molar refractivity (Wildman–Crippen MR) is 78.5 cm³/mol. The van der Waals surface area contributed by atoms with Gasteiger partial charge in [0.1, 0.15) is 0 Å². The molecule has 0 saturated heterocycles. The minimum atomic E-state index is -0.974. The van der Waals surface area contributed by atoms with Gasteiger partial charge in [-0.25, -0.2) is 4.79 Å². The zero-order valence-corrected chi connectivity index (χ0v) is 12.4. The molecule has 0 aromatic carbocycles. The van der Waals surface area contributed by atoms with Gasteiger partial charge < -0.3 is 15.2 Å². The summed E-state index contributed by atoms with van der Waals surface area (Å²) in [6.45, 7) is 2.39. The molecule has 1 atom stereocenters. The molecule has 0 aliphatic rings. The molecule has 1 heterocycles. The number of hydrogen-bond donors (Lipinski definition) is 2. The molecule has 0 aliphatic heterocycles. The minimum Gasteiger partial charge on any atom is -0.478 e. The highest BCUT2D eigenvalue weighted by Crippen LogP contribution is 2.16. The number of carbonyl (C=O) groups is 2. The van der Waals surface area contributed by atoms with Crippen LogP contribution in [-0.2, 0) is 20.9 Å². The second kappa shape index (κ2) is 8.50. The number of methoxy groups -OCH3 is 1. The van der Waals surface area contributed by atoms with Crippen LogP contribution in [-0.4, -0.2) is 30.2 Å². The van der Waals surface area contributed by atoms with E-state index >= 15 is 0 Å². The van der Waals surface area contributed by atoms with Crippen molar-refractivity contribution in [3.63, 3.8) is 0 Å². The van der Waals surface area contributed by atoms with Crippen molar-refractivity contribution in [2.75, 3.05) is 7.11 Å². The van der Waals surface area contributed by atoms with Crippen molar-refractivity contribution < 1.29 is 19.4 Å². The Kier molecular flexibility index (Phi) is 6.97. The van der Waals surface area contributed by atoms with Crippen LogP contribution >= 0.6 is 11.3 Å². The van der Waals surface area contributed by atoms with Crippen molar-refractivity contribution >= 4 is 29.3 Å². The monoisotopic (exact) mass is 297 g/mol. The lowest BCUT2D eigenvalue weighted by Gasteiger charge is -2.08. The largest absolute Gasteiger partial charge is 0.478 e. The van der Waals surface area contributed by atoms with Crippen LogP contribution in [0.15, 0.2) is 17.5 Å². The Morgan fingerprint density at radius 3 is 2.95 bits per heavy atom. The number of amides is 1. The molecule has 110 valence electrons. The quantitative estimate of drug-likeness (QED) is 0.722. The molecule has 0 radical (unpaired) electrons. The van der Waals surface area contributed by atoms with Crippen LogP contribution in [0.25, 0.3) is 6.08 Å². The molecule has 0 fully saturated rings. The number of nitrogens with one attached hydrogen (secondary N) is 1. The van der Waals surface area contributed by atoms with E-state index in [-0.39, 0.29) is 12.0 Å². The molecule has 1 aromatic heterocycles. The van der Waals surface area contributed by atoms with E-state index in [1.54, 1.807) is 7.11 Å². The Hall–Kier alpha value is -1.66. The number of carboxylic acids is 1. The van der Waals surface area contributed by atoms with Crippen molar-refractivity contribution in [1.29, 1.82) is 0 Å². The smallest absolute Gasteiger partial charge is 0.328 e. The molecular weight excluding hydrogens is 278 g/mol. The number of carbonyl (C=O) groups excluding carboxylic acids is 1. The normalized spacial score (nSPS) is 12.5. The molecule has 1 amide bonds. The first kappa shape index (κ1) is 16.4. The summed E-state index contributed by atoms with van der Waals surface area (Å²) in [4.78, 5) is 23.0. The summed E-state index contributed by atoms with van der Waals surface area (Å²) < 4.78 is 5.08. The summed E-state index contributed by atoms with van der Waals surface area (Å²) in [5.74, 6) is -0.983. The molecule has 5 nitrogen and oxygen atoms in total. The van der Waals surface area contributed by atoms with E-state index in [2.05, 4.69) is 5.32 Å². The van der Waals surface area contributed by atoms with E-state index in [0.29, 0.717) is 19.4 Å². The van der Waals surface area contributed by atoms with Crippen molar-refractivity contribution in [2.24, 2.45) is 0 Å². The zero-order valence-electron chi connectivity index (χ0n) is 11.6. The van der Waals surface area contributed by atoms with Gasteiger partial charge in [0, 0.05) is 24.5 Å².